The highest BCUT2D eigenvalue weighted by atomic mass is 16.5. The highest BCUT2D eigenvalue weighted by molar-refractivity contribution is 5.93. The van der Waals surface area contributed by atoms with Crippen molar-refractivity contribution in [1.29, 1.82) is 0 Å². The second-order valence-electron chi connectivity index (χ2n) is 5.28. The van der Waals surface area contributed by atoms with Crippen LogP contribution in [0.5, 0.6) is 0 Å². The molecule has 8 heteroatoms. The molecule has 0 aromatic carbocycles. The van der Waals surface area contributed by atoms with Gasteiger partial charge in [-0.25, -0.2) is 4.79 Å². The quantitative estimate of drug-likeness (QED) is 0.800. The number of hydrogen-bond donors (Lipinski definition) is 1. The number of esters is 1. The van der Waals surface area contributed by atoms with Crippen molar-refractivity contribution in [2.24, 2.45) is 5.73 Å². The maximum absolute atomic E-state index is 12.2. The Morgan fingerprint density at radius 2 is 2.09 bits per heavy atom. The number of piperidine rings is 1. The van der Waals surface area contributed by atoms with Crippen molar-refractivity contribution in [2.45, 2.75) is 39.2 Å². The summed E-state index contributed by atoms with van der Waals surface area (Å²) >= 11 is 0. The Bertz CT molecular complexity index is 576. The van der Waals surface area contributed by atoms with Gasteiger partial charge in [-0.05, 0) is 33.1 Å². The van der Waals surface area contributed by atoms with Gasteiger partial charge in [0, 0.05) is 6.54 Å². The summed E-state index contributed by atoms with van der Waals surface area (Å²) in [6.45, 7) is 3.21. The lowest BCUT2D eigenvalue weighted by atomic mass is 10.0. The first kappa shape index (κ1) is 16.0. The van der Waals surface area contributed by atoms with Gasteiger partial charge >= 0.3 is 5.97 Å². The highest BCUT2D eigenvalue weighted by Crippen LogP contribution is 2.18. The Hall–Kier alpha value is -2.38. The minimum atomic E-state index is -0.669. The van der Waals surface area contributed by atoms with Gasteiger partial charge in [-0.1, -0.05) is 5.16 Å². The van der Waals surface area contributed by atoms with Gasteiger partial charge in [0.1, 0.15) is 17.4 Å². The lowest BCUT2D eigenvalue weighted by Crippen LogP contribution is -2.51. The Morgan fingerprint density at radius 3 is 2.68 bits per heavy atom. The molecule has 1 saturated heterocycles. The number of aromatic nitrogens is 1. The van der Waals surface area contributed by atoms with E-state index in [1.165, 1.54) is 4.90 Å². The molecule has 1 aromatic rings. The van der Waals surface area contributed by atoms with E-state index in [-0.39, 0.29) is 5.56 Å². The summed E-state index contributed by atoms with van der Waals surface area (Å²) in [6.07, 6.45) is 2.18. The zero-order valence-electron chi connectivity index (χ0n) is 12.6. The predicted octanol–water partition coefficient (Wildman–Crippen LogP) is 0.315. The number of primary amides is 1. The molecule has 2 rings (SSSR count). The van der Waals surface area contributed by atoms with Crippen molar-refractivity contribution in [3.05, 3.63) is 17.0 Å². The molecule has 1 atom stereocenters. The molecule has 120 valence electrons. The monoisotopic (exact) mass is 309 g/mol. The van der Waals surface area contributed by atoms with E-state index in [0.717, 1.165) is 12.8 Å². The zero-order valence-corrected chi connectivity index (χ0v) is 12.6. The minimum Gasteiger partial charge on any atom is -0.452 e. The maximum Gasteiger partial charge on any atom is 0.344 e. The van der Waals surface area contributed by atoms with Gasteiger partial charge in [0.15, 0.2) is 6.61 Å². The number of hydrogen-bond acceptors (Lipinski definition) is 6. The second kappa shape index (κ2) is 6.59. The van der Waals surface area contributed by atoms with Crippen LogP contribution in [0.4, 0.5) is 0 Å². The van der Waals surface area contributed by atoms with Crippen LogP contribution in [0.3, 0.4) is 0 Å². The summed E-state index contributed by atoms with van der Waals surface area (Å²) in [6, 6.07) is -0.626. The van der Waals surface area contributed by atoms with Crippen LogP contribution in [0.2, 0.25) is 0 Å². The molecular formula is C14H19N3O5. The fraction of sp³-hybridized carbons (Fsp3) is 0.571. The van der Waals surface area contributed by atoms with Crippen molar-refractivity contribution in [2.75, 3.05) is 13.2 Å². The summed E-state index contributed by atoms with van der Waals surface area (Å²) in [5, 5.41) is 3.66. The highest BCUT2D eigenvalue weighted by Gasteiger charge is 2.31. The number of rotatable bonds is 4. The van der Waals surface area contributed by atoms with Crippen LogP contribution in [0.1, 0.15) is 41.1 Å². The van der Waals surface area contributed by atoms with Gasteiger partial charge in [-0.2, -0.15) is 0 Å². The van der Waals surface area contributed by atoms with Crippen molar-refractivity contribution in [1.82, 2.24) is 10.1 Å². The number of likely N-dealkylation sites (tertiary alicyclic amines) is 1. The van der Waals surface area contributed by atoms with Crippen molar-refractivity contribution in [3.8, 4) is 0 Å². The maximum atomic E-state index is 12.2. The fourth-order valence-corrected chi connectivity index (χ4v) is 2.58. The number of aryl methyl sites for hydroxylation is 2. The van der Waals surface area contributed by atoms with Gasteiger partial charge in [-0.15, -0.1) is 0 Å². The van der Waals surface area contributed by atoms with Crippen LogP contribution in [-0.2, 0) is 14.3 Å². The molecule has 0 unspecified atom stereocenters. The molecule has 0 bridgehead atoms. The SMILES string of the molecule is Cc1noc(C)c1C(=O)OCC(=O)N1CCCC[C@H]1C(N)=O. The van der Waals surface area contributed by atoms with Gasteiger partial charge in [0.05, 0.1) is 5.69 Å². The van der Waals surface area contributed by atoms with E-state index in [0.29, 0.717) is 24.4 Å². The van der Waals surface area contributed by atoms with Crippen molar-refractivity contribution in [3.63, 3.8) is 0 Å². The average molecular weight is 309 g/mol. The first-order valence-electron chi connectivity index (χ1n) is 7.10. The molecule has 0 radical (unpaired) electrons. The van der Waals surface area contributed by atoms with Crippen LogP contribution in [-0.4, -0.2) is 47.0 Å². The summed E-state index contributed by atoms with van der Waals surface area (Å²) < 4.78 is 9.89. The third-order valence-electron chi connectivity index (χ3n) is 3.72. The van der Waals surface area contributed by atoms with E-state index in [1.54, 1.807) is 13.8 Å². The number of ether oxygens (including phenoxy) is 1. The molecule has 0 spiro atoms. The topological polar surface area (TPSA) is 116 Å². The molecule has 8 nitrogen and oxygen atoms in total. The first-order valence-corrected chi connectivity index (χ1v) is 7.10. The lowest BCUT2D eigenvalue weighted by Gasteiger charge is -2.33. The van der Waals surface area contributed by atoms with Crippen LogP contribution in [0, 0.1) is 13.8 Å². The van der Waals surface area contributed by atoms with Gasteiger partial charge in [0.2, 0.25) is 5.91 Å². The predicted molar refractivity (Wildman–Crippen MR) is 74.8 cm³/mol. The number of nitrogens with zero attached hydrogens (tertiary/aromatic N) is 2. The molecule has 1 aromatic heterocycles. The van der Waals surface area contributed by atoms with E-state index < -0.39 is 30.4 Å². The number of nitrogens with two attached hydrogens (primary N) is 1. The van der Waals surface area contributed by atoms with Gasteiger partial charge in [0.25, 0.3) is 5.91 Å². The standard InChI is InChI=1S/C14H19N3O5/c1-8-12(9(2)22-16-8)14(20)21-7-11(18)17-6-4-3-5-10(17)13(15)19/h10H,3-7H2,1-2H3,(H2,15,19)/t10-/m0/s1. The summed E-state index contributed by atoms with van der Waals surface area (Å²) in [4.78, 5) is 36.9. The number of carbonyl (C=O) groups is 3. The molecule has 1 fully saturated rings. The van der Waals surface area contributed by atoms with E-state index in [1.807, 2.05) is 0 Å². The Kier molecular flexibility index (Phi) is 4.79. The van der Waals surface area contributed by atoms with Crippen molar-refractivity contribution < 1.29 is 23.6 Å². The molecule has 1 aliphatic heterocycles. The lowest BCUT2D eigenvalue weighted by molar-refractivity contribution is -0.143. The van der Waals surface area contributed by atoms with Gasteiger partial charge < -0.3 is 19.9 Å². The molecule has 0 aliphatic carbocycles. The van der Waals surface area contributed by atoms with Crippen LogP contribution < -0.4 is 5.73 Å². The first-order chi connectivity index (χ1) is 10.4. The molecule has 2 amide bonds. The van der Waals surface area contributed by atoms with Crippen LogP contribution in [0.25, 0.3) is 0 Å². The summed E-state index contributed by atoms with van der Waals surface area (Å²) in [5.41, 5.74) is 5.93. The summed E-state index contributed by atoms with van der Waals surface area (Å²) in [7, 11) is 0. The molecule has 2 heterocycles. The number of carbonyl (C=O) groups excluding carboxylic acids is 3. The third-order valence-corrected chi connectivity index (χ3v) is 3.72. The van der Waals surface area contributed by atoms with E-state index >= 15 is 0 Å². The number of amides is 2. The second-order valence-corrected chi connectivity index (χ2v) is 5.28. The normalized spacial score (nSPS) is 18.1. The molecule has 2 N–H and O–H groups in total. The van der Waals surface area contributed by atoms with E-state index in [9.17, 15) is 14.4 Å². The molecule has 22 heavy (non-hydrogen) atoms. The van der Waals surface area contributed by atoms with Gasteiger partial charge in [-0.3, -0.25) is 9.59 Å². The Labute approximate surface area is 127 Å². The molecular weight excluding hydrogens is 290 g/mol. The summed E-state index contributed by atoms with van der Waals surface area (Å²) in [5.74, 6) is -1.30. The Morgan fingerprint density at radius 1 is 1.36 bits per heavy atom. The smallest absolute Gasteiger partial charge is 0.344 e. The van der Waals surface area contributed by atoms with E-state index in [2.05, 4.69) is 5.16 Å². The molecule has 1 aliphatic rings. The average Bonchev–Trinajstić information content (AvgIpc) is 2.83. The fourth-order valence-electron chi connectivity index (χ4n) is 2.58. The van der Waals surface area contributed by atoms with Crippen LogP contribution >= 0.6 is 0 Å². The Balaban J connectivity index is 1.97. The van der Waals surface area contributed by atoms with E-state index in [4.69, 9.17) is 15.0 Å². The zero-order chi connectivity index (χ0) is 16.3. The minimum absolute atomic E-state index is 0.220. The van der Waals surface area contributed by atoms with Crippen molar-refractivity contribution >= 4 is 17.8 Å². The van der Waals surface area contributed by atoms with Crippen LogP contribution in [0.15, 0.2) is 4.52 Å². The molecule has 0 saturated carbocycles. The largest absolute Gasteiger partial charge is 0.452 e. The third kappa shape index (κ3) is 3.26.